The number of hydrogen-bond donors (Lipinski definition) is 1. The van der Waals surface area contributed by atoms with E-state index in [2.05, 4.69) is 31.2 Å². The smallest absolute Gasteiger partial charge is 0.263 e. The Labute approximate surface area is 111 Å². The number of hydrogen-bond acceptors (Lipinski definition) is 4. The lowest BCUT2D eigenvalue weighted by molar-refractivity contribution is 0.0956. The average Bonchev–Trinajstić information content (AvgIpc) is 2.95. The molecule has 1 amide bonds. The Bertz CT molecular complexity index is 482. The maximum Gasteiger partial charge on any atom is 0.263 e. The number of thiazole rings is 1. The summed E-state index contributed by atoms with van der Waals surface area (Å²) in [6.45, 7) is 1.50. The fraction of sp³-hybridized carbons (Fsp3) is 0.300. The predicted molar refractivity (Wildman–Crippen MR) is 69.0 cm³/mol. The van der Waals surface area contributed by atoms with E-state index in [0.29, 0.717) is 11.4 Å². The monoisotopic (exact) mass is 314 g/mol. The number of aromatic nitrogens is 3. The molecular formula is C10H11BrN4OS. The fourth-order valence-corrected chi connectivity index (χ4v) is 2.51. The number of rotatable bonds is 5. The van der Waals surface area contributed by atoms with E-state index in [1.165, 1.54) is 11.3 Å². The van der Waals surface area contributed by atoms with Crippen LogP contribution in [0.2, 0.25) is 0 Å². The van der Waals surface area contributed by atoms with Crippen molar-refractivity contribution in [2.45, 2.75) is 13.0 Å². The molecule has 0 aliphatic rings. The largest absolute Gasteiger partial charge is 0.351 e. The summed E-state index contributed by atoms with van der Waals surface area (Å²) in [6.07, 6.45) is 7.86. The van der Waals surface area contributed by atoms with Crippen molar-refractivity contribution in [1.82, 2.24) is 19.9 Å². The molecule has 0 radical (unpaired) electrons. The van der Waals surface area contributed by atoms with Crippen LogP contribution < -0.4 is 5.32 Å². The van der Waals surface area contributed by atoms with Crippen molar-refractivity contribution in [1.29, 1.82) is 0 Å². The molecule has 0 atom stereocenters. The van der Waals surface area contributed by atoms with Gasteiger partial charge in [0.2, 0.25) is 0 Å². The zero-order valence-corrected chi connectivity index (χ0v) is 11.4. The first-order chi connectivity index (χ1) is 8.25. The molecule has 2 heterocycles. The van der Waals surface area contributed by atoms with Gasteiger partial charge in [-0.15, -0.1) is 11.3 Å². The van der Waals surface area contributed by atoms with Crippen LogP contribution in [0, 0.1) is 0 Å². The lowest BCUT2D eigenvalue weighted by Crippen LogP contribution is -2.24. The van der Waals surface area contributed by atoms with Gasteiger partial charge in [-0.25, -0.2) is 9.97 Å². The third-order valence-corrected chi connectivity index (χ3v) is 3.61. The van der Waals surface area contributed by atoms with Crippen LogP contribution in [0.4, 0.5) is 0 Å². The first-order valence-corrected chi connectivity index (χ1v) is 6.72. The van der Waals surface area contributed by atoms with Crippen LogP contribution in [0.3, 0.4) is 0 Å². The maximum absolute atomic E-state index is 11.6. The quantitative estimate of drug-likeness (QED) is 0.858. The summed E-state index contributed by atoms with van der Waals surface area (Å²) >= 11 is 4.56. The molecule has 0 bridgehead atoms. The molecule has 2 rings (SSSR count). The Morgan fingerprint density at radius 1 is 1.59 bits per heavy atom. The highest BCUT2D eigenvalue weighted by atomic mass is 79.9. The number of imidazole rings is 1. The minimum atomic E-state index is -0.0705. The SMILES string of the molecule is O=C(NCCCn1ccnc1)c1cnc(Br)s1. The van der Waals surface area contributed by atoms with Crippen molar-refractivity contribution in [2.24, 2.45) is 0 Å². The predicted octanol–water partition coefficient (Wildman–Crippen LogP) is 1.92. The molecule has 7 heteroatoms. The molecule has 0 aliphatic carbocycles. The third-order valence-electron chi connectivity index (χ3n) is 2.14. The van der Waals surface area contributed by atoms with E-state index in [-0.39, 0.29) is 5.91 Å². The van der Waals surface area contributed by atoms with Gasteiger partial charge in [0.25, 0.3) is 5.91 Å². The van der Waals surface area contributed by atoms with Crippen LogP contribution >= 0.6 is 27.3 Å². The molecule has 0 saturated carbocycles. The van der Waals surface area contributed by atoms with E-state index in [1.54, 1.807) is 18.7 Å². The van der Waals surface area contributed by atoms with Gasteiger partial charge in [-0.3, -0.25) is 4.79 Å². The molecule has 0 saturated heterocycles. The molecule has 2 aromatic heterocycles. The van der Waals surface area contributed by atoms with Gasteiger partial charge in [-0.05, 0) is 22.4 Å². The van der Waals surface area contributed by atoms with Crippen LogP contribution in [-0.4, -0.2) is 27.0 Å². The van der Waals surface area contributed by atoms with Gasteiger partial charge >= 0.3 is 0 Å². The lowest BCUT2D eigenvalue weighted by Gasteiger charge is -2.03. The fourth-order valence-electron chi connectivity index (χ4n) is 1.33. The van der Waals surface area contributed by atoms with Gasteiger partial charge in [-0.1, -0.05) is 0 Å². The van der Waals surface area contributed by atoms with Gasteiger partial charge in [0, 0.05) is 25.5 Å². The highest BCUT2D eigenvalue weighted by Crippen LogP contribution is 2.17. The van der Waals surface area contributed by atoms with E-state index >= 15 is 0 Å². The highest BCUT2D eigenvalue weighted by Gasteiger charge is 2.08. The second-order valence-electron chi connectivity index (χ2n) is 3.39. The number of halogens is 1. The Morgan fingerprint density at radius 2 is 2.47 bits per heavy atom. The molecular weight excluding hydrogens is 304 g/mol. The summed E-state index contributed by atoms with van der Waals surface area (Å²) in [5.74, 6) is -0.0705. The average molecular weight is 315 g/mol. The summed E-state index contributed by atoms with van der Waals surface area (Å²) in [5, 5.41) is 2.85. The second-order valence-corrected chi connectivity index (χ2v) is 5.69. The van der Waals surface area contributed by atoms with Crippen LogP contribution in [0.25, 0.3) is 0 Å². The zero-order valence-electron chi connectivity index (χ0n) is 8.97. The van der Waals surface area contributed by atoms with E-state index in [4.69, 9.17) is 0 Å². The Hall–Kier alpha value is -1.21. The van der Waals surface area contributed by atoms with E-state index < -0.39 is 0 Å². The van der Waals surface area contributed by atoms with Crippen LogP contribution in [0.1, 0.15) is 16.1 Å². The molecule has 90 valence electrons. The first-order valence-electron chi connectivity index (χ1n) is 5.11. The number of carbonyl (C=O) groups excluding carboxylic acids is 1. The van der Waals surface area contributed by atoms with Crippen molar-refractivity contribution in [3.05, 3.63) is 33.7 Å². The normalized spacial score (nSPS) is 10.4. The van der Waals surface area contributed by atoms with Crippen molar-refractivity contribution in [3.8, 4) is 0 Å². The number of carbonyl (C=O) groups is 1. The number of aryl methyl sites for hydroxylation is 1. The molecule has 0 aromatic carbocycles. The summed E-state index contributed by atoms with van der Waals surface area (Å²) in [5.41, 5.74) is 0. The molecule has 2 aromatic rings. The number of amides is 1. The van der Waals surface area contributed by atoms with Crippen molar-refractivity contribution in [3.63, 3.8) is 0 Å². The number of nitrogens with zero attached hydrogens (tertiary/aromatic N) is 3. The molecule has 1 N–H and O–H groups in total. The summed E-state index contributed by atoms with van der Waals surface area (Å²) < 4.78 is 2.70. The van der Waals surface area contributed by atoms with Gasteiger partial charge < -0.3 is 9.88 Å². The zero-order chi connectivity index (χ0) is 12.1. The van der Waals surface area contributed by atoms with Gasteiger partial charge in [-0.2, -0.15) is 0 Å². The summed E-state index contributed by atoms with van der Waals surface area (Å²) in [6, 6.07) is 0. The van der Waals surface area contributed by atoms with E-state index in [0.717, 1.165) is 16.9 Å². The van der Waals surface area contributed by atoms with Gasteiger partial charge in [0.1, 0.15) is 4.88 Å². The van der Waals surface area contributed by atoms with E-state index in [9.17, 15) is 4.79 Å². The third kappa shape index (κ3) is 3.64. The van der Waals surface area contributed by atoms with Crippen molar-refractivity contribution >= 4 is 33.2 Å². The minimum Gasteiger partial charge on any atom is -0.351 e. The molecule has 0 spiro atoms. The van der Waals surface area contributed by atoms with Gasteiger partial charge in [0.15, 0.2) is 3.92 Å². The molecule has 5 nitrogen and oxygen atoms in total. The van der Waals surface area contributed by atoms with Crippen molar-refractivity contribution in [2.75, 3.05) is 6.54 Å². The standard InChI is InChI=1S/C10H11BrN4OS/c11-10-14-6-8(17-10)9(16)13-2-1-4-15-5-3-12-7-15/h3,5-7H,1-2,4H2,(H,13,16). The minimum absolute atomic E-state index is 0.0705. The molecule has 0 aliphatic heterocycles. The van der Waals surface area contributed by atoms with E-state index in [1.807, 2.05) is 10.8 Å². The van der Waals surface area contributed by atoms with Crippen LogP contribution in [0.15, 0.2) is 28.8 Å². The lowest BCUT2D eigenvalue weighted by atomic mass is 10.4. The Morgan fingerprint density at radius 3 is 3.12 bits per heavy atom. The van der Waals surface area contributed by atoms with Gasteiger partial charge in [0.05, 0.1) is 12.5 Å². The number of nitrogens with one attached hydrogen (secondary N) is 1. The van der Waals surface area contributed by atoms with Crippen molar-refractivity contribution < 1.29 is 4.79 Å². The molecule has 0 fully saturated rings. The summed E-state index contributed by atoms with van der Waals surface area (Å²) in [4.78, 5) is 20.2. The van der Waals surface area contributed by atoms with Crippen LogP contribution in [0.5, 0.6) is 0 Å². The highest BCUT2D eigenvalue weighted by molar-refractivity contribution is 9.11. The topological polar surface area (TPSA) is 59.8 Å². The molecule has 17 heavy (non-hydrogen) atoms. The Kier molecular flexibility index (Phi) is 4.27. The molecule has 0 unspecified atom stereocenters. The second kappa shape index (κ2) is 5.92. The maximum atomic E-state index is 11.6. The summed E-state index contributed by atoms with van der Waals surface area (Å²) in [7, 11) is 0. The Balaban J connectivity index is 1.70. The van der Waals surface area contributed by atoms with Crippen LogP contribution in [-0.2, 0) is 6.54 Å². The first kappa shape index (κ1) is 12.3.